The van der Waals surface area contributed by atoms with Gasteiger partial charge in [-0.2, -0.15) is 4.31 Å². The van der Waals surface area contributed by atoms with E-state index >= 15 is 0 Å². The summed E-state index contributed by atoms with van der Waals surface area (Å²) in [5, 5.41) is 5.30. The predicted octanol–water partition coefficient (Wildman–Crippen LogP) is 0.352. The zero-order valence-electron chi connectivity index (χ0n) is 15.0. The van der Waals surface area contributed by atoms with Crippen LogP contribution in [-0.2, 0) is 19.6 Å². The minimum absolute atomic E-state index is 0.129. The zero-order chi connectivity index (χ0) is 19.2. The van der Waals surface area contributed by atoms with Crippen molar-refractivity contribution in [3.8, 4) is 0 Å². The lowest BCUT2D eigenvalue weighted by molar-refractivity contribution is -0.122. The standard InChI is InChI=1S/C17H25N3O5S/c1-3-8-18-16(21)13(2)19-17(22)14-4-6-15(7-5-14)26(23,24)20-9-11-25-12-10-20/h4-7,13H,3,8-12H2,1-2H3,(H,18,21)(H,19,22)/t13-/m1/s1. The molecule has 144 valence electrons. The van der Waals surface area contributed by atoms with E-state index in [1.165, 1.54) is 28.6 Å². The summed E-state index contributed by atoms with van der Waals surface area (Å²) in [4.78, 5) is 24.2. The van der Waals surface area contributed by atoms with Crippen LogP contribution in [-0.4, -0.2) is 63.4 Å². The first-order valence-electron chi connectivity index (χ1n) is 8.62. The number of ether oxygens (including phenoxy) is 1. The number of carbonyl (C=O) groups excluding carboxylic acids is 2. The fourth-order valence-electron chi connectivity index (χ4n) is 2.46. The molecule has 0 saturated carbocycles. The van der Waals surface area contributed by atoms with Gasteiger partial charge >= 0.3 is 0 Å². The summed E-state index contributed by atoms with van der Waals surface area (Å²) in [5.41, 5.74) is 0.293. The highest BCUT2D eigenvalue weighted by atomic mass is 32.2. The van der Waals surface area contributed by atoms with Crippen molar-refractivity contribution < 1.29 is 22.7 Å². The van der Waals surface area contributed by atoms with Gasteiger partial charge in [-0.25, -0.2) is 8.42 Å². The molecule has 1 heterocycles. The molecule has 1 atom stereocenters. The third kappa shape index (κ3) is 5.03. The van der Waals surface area contributed by atoms with Crippen LogP contribution in [0.2, 0.25) is 0 Å². The predicted molar refractivity (Wildman–Crippen MR) is 96.2 cm³/mol. The Labute approximate surface area is 153 Å². The van der Waals surface area contributed by atoms with Gasteiger partial charge in [-0.15, -0.1) is 0 Å². The SMILES string of the molecule is CCCNC(=O)[C@@H](C)NC(=O)c1ccc(S(=O)(=O)N2CCOCC2)cc1. The van der Waals surface area contributed by atoms with Crippen molar-refractivity contribution in [2.45, 2.75) is 31.2 Å². The summed E-state index contributed by atoms with van der Waals surface area (Å²) < 4.78 is 31.6. The number of morpholine rings is 1. The Hall–Kier alpha value is -1.97. The first kappa shape index (κ1) is 20.3. The van der Waals surface area contributed by atoms with E-state index in [1.54, 1.807) is 6.92 Å². The summed E-state index contributed by atoms with van der Waals surface area (Å²) in [5.74, 6) is -0.689. The van der Waals surface area contributed by atoms with Crippen molar-refractivity contribution in [2.24, 2.45) is 0 Å². The molecule has 1 aromatic rings. The molecule has 0 spiro atoms. The highest BCUT2D eigenvalue weighted by molar-refractivity contribution is 7.89. The molecule has 8 nitrogen and oxygen atoms in total. The molecule has 0 unspecified atom stereocenters. The Balaban J connectivity index is 2.02. The summed E-state index contributed by atoms with van der Waals surface area (Å²) >= 11 is 0. The molecule has 0 aromatic heterocycles. The fraction of sp³-hybridized carbons (Fsp3) is 0.529. The van der Waals surface area contributed by atoms with Gasteiger partial charge in [-0.05, 0) is 37.6 Å². The average molecular weight is 383 g/mol. The fourth-order valence-corrected chi connectivity index (χ4v) is 3.87. The first-order valence-corrected chi connectivity index (χ1v) is 10.1. The molecule has 1 aliphatic heterocycles. The van der Waals surface area contributed by atoms with Crippen LogP contribution in [0.15, 0.2) is 29.2 Å². The van der Waals surface area contributed by atoms with Crippen LogP contribution in [0.25, 0.3) is 0 Å². The molecule has 1 saturated heterocycles. The Kier molecular flexibility index (Phi) is 7.13. The van der Waals surface area contributed by atoms with Crippen molar-refractivity contribution in [3.63, 3.8) is 0 Å². The number of nitrogens with one attached hydrogen (secondary N) is 2. The van der Waals surface area contributed by atoms with Crippen LogP contribution in [0, 0.1) is 0 Å². The summed E-state index contributed by atoms with van der Waals surface area (Å²) in [6, 6.07) is 5.02. The minimum atomic E-state index is -3.59. The van der Waals surface area contributed by atoms with Crippen LogP contribution in [0.5, 0.6) is 0 Å². The van der Waals surface area contributed by atoms with E-state index in [0.29, 0.717) is 38.4 Å². The molecule has 2 N–H and O–H groups in total. The van der Waals surface area contributed by atoms with Gasteiger partial charge in [0.05, 0.1) is 18.1 Å². The molecule has 0 aliphatic carbocycles. The average Bonchev–Trinajstić information content (AvgIpc) is 2.66. The van der Waals surface area contributed by atoms with Gasteiger partial charge in [0.2, 0.25) is 15.9 Å². The van der Waals surface area contributed by atoms with Crippen molar-refractivity contribution in [1.82, 2.24) is 14.9 Å². The quantitative estimate of drug-likeness (QED) is 0.707. The maximum Gasteiger partial charge on any atom is 0.251 e. The molecule has 1 fully saturated rings. The Morgan fingerprint density at radius 3 is 2.38 bits per heavy atom. The number of carbonyl (C=O) groups is 2. The Morgan fingerprint density at radius 2 is 1.81 bits per heavy atom. The number of hydrogen-bond acceptors (Lipinski definition) is 5. The van der Waals surface area contributed by atoms with E-state index in [-0.39, 0.29) is 10.8 Å². The van der Waals surface area contributed by atoms with Crippen LogP contribution in [0.1, 0.15) is 30.6 Å². The lowest BCUT2D eigenvalue weighted by Gasteiger charge is -2.26. The van der Waals surface area contributed by atoms with Gasteiger partial charge in [0.1, 0.15) is 6.04 Å². The van der Waals surface area contributed by atoms with Gasteiger partial charge in [0.25, 0.3) is 5.91 Å². The van der Waals surface area contributed by atoms with Gasteiger partial charge in [0, 0.05) is 25.2 Å². The highest BCUT2D eigenvalue weighted by Gasteiger charge is 2.26. The third-order valence-corrected chi connectivity index (χ3v) is 5.93. The third-order valence-electron chi connectivity index (χ3n) is 4.01. The second-order valence-electron chi connectivity index (χ2n) is 6.03. The molecular weight excluding hydrogens is 358 g/mol. The van der Waals surface area contributed by atoms with Gasteiger partial charge in [0.15, 0.2) is 0 Å². The minimum Gasteiger partial charge on any atom is -0.379 e. The molecular formula is C17H25N3O5S. The second-order valence-corrected chi connectivity index (χ2v) is 7.96. The van der Waals surface area contributed by atoms with Crippen molar-refractivity contribution in [1.29, 1.82) is 0 Å². The van der Waals surface area contributed by atoms with E-state index < -0.39 is 22.0 Å². The molecule has 0 bridgehead atoms. The molecule has 2 rings (SSSR count). The second kappa shape index (κ2) is 9.11. The largest absolute Gasteiger partial charge is 0.379 e. The molecule has 1 aromatic carbocycles. The van der Waals surface area contributed by atoms with E-state index in [9.17, 15) is 18.0 Å². The number of sulfonamides is 1. The molecule has 2 amide bonds. The Bertz CT molecular complexity index is 727. The van der Waals surface area contributed by atoms with E-state index in [4.69, 9.17) is 4.74 Å². The van der Waals surface area contributed by atoms with E-state index in [1.807, 2.05) is 6.92 Å². The number of amides is 2. The smallest absolute Gasteiger partial charge is 0.251 e. The maximum absolute atomic E-state index is 12.6. The van der Waals surface area contributed by atoms with Gasteiger partial charge in [-0.1, -0.05) is 6.92 Å². The summed E-state index contributed by atoms with van der Waals surface area (Å²) in [7, 11) is -3.59. The van der Waals surface area contributed by atoms with Crippen molar-refractivity contribution in [2.75, 3.05) is 32.8 Å². The lowest BCUT2D eigenvalue weighted by atomic mass is 10.2. The van der Waals surface area contributed by atoms with Crippen molar-refractivity contribution >= 4 is 21.8 Å². The van der Waals surface area contributed by atoms with E-state index in [0.717, 1.165) is 6.42 Å². The lowest BCUT2D eigenvalue weighted by Crippen LogP contribution is -2.45. The monoisotopic (exact) mass is 383 g/mol. The van der Waals surface area contributed by atoms with Crippen LogP contribution in [0.4, 0.5) is 0 Å². The van der Waals surface area contributed by atoms with Gasteiger partial charge < -0.3 is 15.4 Å². The normalized spacial score (nSPS) is 16.7. The van der Waals surface area contributed by atoms with Gasteiger partial charge in [-0.3, -0.25) is 9.59 Å². The Morgan fingerprint density at radius 1 is 1.19 bits per heavy atom. The molecule has 9 heteroatoms. The zero-order valence-corrected chi connectivity index (χ0v) is 15.8. The van der Waals surface area contributed by atoms with Crippen molar-refractivity contribution in [3.05, 3.63) is 29.8 Å². The van der Waals surface area contributed by atoms with Crippen LogP contribution >= 0.6 is 0 Å². The highest BCUT2D eigenvalue weighted by Crippen LogP contribution is 2.17. The number of nitrogens with zero attached hydrogens (tertiary/aromatic N) is 1. The number of benzene rings is 1. The van der Waals surface area contributed by atoms with E-state index in [2.05, 4.69) is 10.6 Å². The number of hydrogen-bond donors (Lipinski definition) is 2. The summed E-state index contributed by atoms with van der Waals surface area (Å²) in [6.07, 6.45) is 0.811. The molecule has 26 heavy (non-hydrogen) atoms. The van der Waals surface area contributed by atoms with Crippen LogP contribution in [0.3, 0.4) is 0 Å². The van der Waals surface area contributed by atoms with Crippen LogP contribution < -0.4 is 10.6 Å². The number of rotatable bonds is 7. The topological polar surface area (TPSA) is 105 Å². The maximum atomic E-state index is 12.6. The molecule has 0 radical (unpaired) electrons. The summed E-state index contributed by atoms with van der Waals surface area (Å²) in [6.45, 7) is 5.46. The first-order chi connectivity index (χ1) is 12.4. The molecule has 1 aliphatic rings.